The van der Waals surface area contributed by atoms with Gasteiger partial charge < -0.3 is 15.8 Å². The van der Waals surface area contributed by atoms with Gasteiger partial charge in [0.2, 0.25) is 5.91 Å². The Morgan fingerprint density at radius 3 is 2.68 bits per heavy atom. The summed E-state index contributed by atoms with van der Waals surface area (Å²) < 4.78 is 5.30. The number of benzene rings is 1. The number of methoxy groups -OCH3 is 1. The zero-order valence-electron chi connectivity index (χ0n) is 12.0. The van der Waals surface area contributed by atoms with Crippen LogP contribution in [-0.2, 0) is 11.2 Å². The molecule has 0 heterocycles. The molecule has 2 unspecified atom stereocenters. The molecule has 0 spiro atoms. The van der Waals surface area contributed by atoms with Gasteiger partial charge >= 0.3 is 0 Å². The van der Waals surface area contributed by atoms with E-state index in [1.807, 2.05) is 38.1 Å². The highest BCUT2D eigenvalue weighted by atomic mass is 16.5. The van der Waals surface area contributed by atoms with Gasteiger partial charge in [-0.1, -0.05) is 25.1 Å². The normalized spacial score (nSPS) is 13.7. The topological polar surface area (TPSA) is 64.3 Å². The summed E-state index contributed by atoms with van der Waals surface area (Å²) >= 11 is 0. The van der Waals surface area contributed by atoms with Crippen molar-refractivity contribution in [2.45, 2.75) is 32.7 Å². The number of nitrogens with one attached hydrogen (secondary N) is 1. The van der Waals surface area contributed by atoms with Crippen LogP contribution in [0, 0.1) is 5.92 Å². The van der Waals surface area contributed by atoms with Crippen LogP contribution >= 0.6 is 0 Å². The van der Waals surface area contributed by atoms with Gasteiger partial charge in [-0.05, 0) is 37.4 Å². The number of amides is 1. The van der Waals surface area contributed by atoms with Crippen molar-refractivity contribution in [3.63, 3.8) is 0 Å². The number of para-hydroxylation sites is 1. The predicted molar refractivity (Wildman–Crippen MR) is 77.1 cm³/mol. The Morgan fingerprint density at radius 1 is 1.37 bits per heavy atom. The molecule has 0 aliphatic carbocycles. The van der Waals surface area contributed by atoms with E-state index in [1.165, 1.54) is 0 Å². The van der Waals surface area contributed by atoms with E-state index in [-0.39, 0.29) is 17.9 Å². The van der Waals surface area contributed by atoms with Crippen LogP contribution in [0.25, 0.3) is 0 Å². The van der Waals surface area contributed by atoms with E-state index in [1.54, 1.807) is 7.11 Å². The summed E-state index contributed by atoms with van der Waals surface area (Å²) in [6.45, 7) is 4.51. The molecule has 2 atom stereocenters. The van der Waals surface area contributed by atoms with E-state index in [0.717, 1.165) is 17.7 Å². The van der Waals surface area contributed by atoms with Crippen molar-refractivity contribution in [1.29, 1.82) is 0 Å². The molecular formula is C15H24N2O2. The summed E-state index contributed by atoms with van der Waals surface area (Å²) in [6, 6.07) is 7.94. The fourth-order valence-corrected chi connectivity index (χ4v) is 1.99. The maximum Gasteiger partial charge on any atom is 0.220 e. The molecule has 0 aromatic heterocycles. The Bertz CT molecular complexity index is 407. The van der Waals surface area contributed by atoms with Crippen molar-refractivity contribution in [3.8, 4) is 5.75 Å². The molecule has 1 rings (SSSR count). The number of hydrogen-bond donors (Lipinski definition) is 2. The largest absolute Gasteiger partial charge is 0.496 e. The standard InChI is InChI=1S/C15H24N2O2/c1-11(10-16)8-15(18)17-12(2)9-13-6-4-5-7-14(13)19-3/h4-7,11-12H,8-10,16H2,1-3H3,(H,17,18). The number of carbonyl (C=O) groups excluding carboxylic acids is 1. The van der Waals surface area contributed by atoms with E-state index >= 15 is 0 Å². The molecule has 0 bridgehead atoms. The van der Waals surface area contributed by atoms with Gasteiger partial charge in [0, 0.05) is 12.5 Å². The molecule has 19 heavy (non-hydrogen) atoms. The van der Waals surface area contributed by atoms with Crippen LogP contribution < -0.4 is 15.8 Å². The van der Waals surface area contributed by atoms with Crippen LogP contribution in [0.15, 0.2) is 24.3 Å². The molecule has 0 saturated carbocycles. The highest BCUT2D eigenvalue weighted by Gasteiger charge is 2.12. The summed E-state index contributed by atoms with van der Waals surface area (Å²) in [6.07, 6.45) is 1.24. The first-order chi connectivity index (χ1) is 9.06. The van der Waals surface area contributed by atoms with Crippen molar-refractivity contribution in [1.82, 2.24) is 5.32 Å². The van der Waals surface area contributed by atoms with Crippen LogP contribution in [0.1, 0.15) is 25.8 Å². The lowest BCUT2D eigenvalue weighted by molar-refractivity contribution is -0.122. The first-order valence-electron chi connectivity index (χ1n) is 6.68. The minimum Gasteiger partial charge on any atom is -0.496 e. The summed E-state index contributed by atoms with van der Waals surface area (Å²) in [5.41, 5.74) is 6.62. The van der Waals surface area contributed by atoms with Crippen LogP contribution in [0.4, 0.5) is 0 Å². The van der Waals surface area contributed by atoms with Crippen molar-refractivity contribution < 1.29 is 9.53 Å². The smallest absolute Gasteiger partial charge is 0.220 e. The van der Waals surface area contributed by atoms with Crippen LogP contribution in [0.5, 0.6) is 5.75 Å². The van der Waals surface area contributed by atoms with Crippen molar-refractivity contribution in [2.75, 3.05) is 13.7 Å². The first kappa shape index (κ1) is 15.5. The number of nitrogens with two attached hydrogens (primary N) is 1. The fraction of sp³-hybridized carbons (Fsp3) is 0.533. The molecule has 1 amide bonds. The summed E-state index contributed by atoms with van der Waals surface area (Å²) in [5, 5.41) is 2.99. The molecule has 4 nitrogen and oxygen atoms in total. The average Bonchev–Trinajstić information content (AvgIpc) is 2.38. The van der Waals surface area contributed by atoms with Gasteiger partial charge in [0.15, 0.2) is 0 Å². The van der Waals surface area contributed by atoms with E-state index in [9.17, 15) is 4.79 Å². The number of carbonyl (C=O) groups is 1. The zero-order valence-corrected chi connectivity index (χ0v) is 12.0. The molecule has 0 radical (unpaired) electrons. The highest BCUT2D eigenvalue weighted by molar-refractivity contribution is 5.76. The maximum absolute atomic E-state index is 11.8. The Balaban J connectivity index is 2.50. The van der Waals surface area contributed by atoms with Gasteiger partial charge in [-0.3, -0.25) is 4.79 Å². The van der Waals surface area contributed by atoms with E-state index in [4.69, 9.17) is 10.5 Å². The third-order valence-corrected chi connectivity index (χ3v) is 3.06. The fourth-order valence-electron chi connectivity index (χ4n) is 1.99. The molecule has 3 N–H and O–H groups in total. The van der Waals surface area contributed by atoms with Gasteiger partial charge in [0.1, 0.15) is 5.75 Å². The molecule has 0 saturated heterocycles. The summed E-state index contributed by atoms with van der Waals surface area (Å²) in [4.78, 5) is 11.8. The molecule has 0 aliphatic heterocycles. The van der Waals surface area contributed by atoms with Gasteiger partial charge in [-0.25, -0.2) is 0 Å². The Kier molecular flexibility index (Phi) is 6.36. The second kappa shape index (κ2) is 7.79. The van der Waals surface area contributed by atoms with Crippen LogP contribution in [0.3, 0.4) is 0 Å². The van der Waals surface area contributed by atoms with Gasteiger partial charge in [-0.2, -0.15) is 0 Å². The maximum atomic E-state index is 11.8. The molecule has 1 aromatic rings. The average molecular weight is 264 g/mol. The van der Waals surface area contributed by atoms with Crippen molar-refractivity contribution in [2.24, 2.45) is 11.7 Å². The second-order valence-corrected chi connectivity index (χ2v) is 5.03. The minimum absolute atomic E-state index is 0.0559. The van der Waals surface area contributed by atoms with Crippen LogP contribution in [0.2, 0.25) is 0 Å². The third kappa shape index (κ3) is 5.30. The lowest BCUT2D eigenvalue weighted by Crippen LogP contribution is -2.35. The minimum atomic E-state index is 0.0559. The molecular weight excluding hydrogens is 240 g/mol. The third-order valence-electron chi connectivity index (χ3n) is 3.06. The van der Waals surface area contributed by atoms with E-state index < -0.39 is 0 Å². The van der Waals surface area contributed by atoms with Crippen molar-refractivity contribution in [3.05, 3.63) is 29.8 Å². The molecule has 106 valence electrons. The SMILES string of the molecule is COc1ccccc1CC(C)NC(=O)CC(C)CN. The predicted octanol–water partition coefficient (Wildman–Crippen LogP) is 1.73. The van der Waals surface area contributed by atoms with Gasteiger partial charge in [0.25, 0.3) is 0 Å². The van der Waals surface area contributed by atoms with Gasteiger partial charge in [-0.15, -0.1) is 0 Å². The Hall–Kier alpha value is -1.55. The van der Waals surface area contributed by atoms with E-state index in [2.05, 4.69) is 5.32 Å². The lowest BCUT2D eigenvalue weighted by Gasteiger charge is -2.17. The molecule has 0 fully saturated rings. The molecule has 0 aliphatic rings. The lowest BCUT2D eigenvalue weighted by atomic mass is 10.0. The van der Waals surface area contributed by atoms with E-state index in [0.29, 0.717) is 13.0 Å². The number of rotatable bonds is 7. The number of hydrogen-bond acceptors (Lipinski definition) is 3. The monoisotopic (exact) mass is 264 g/mol. The van der Waals surface area contributed by atoms with Crippen molar-refractivity contribution >= 4 is 5.91 Å². The summed E-state index contributed by atoms with van der Waals surface area (Å²) in [5.74, 6) is 1.14. The zero-order chi connectivity index (χ0) is 14.3. The van der Waals surface area contributed by atoms with Gasteiger partial charge in [0.05, 0.1) is 7.11 Å². The first-order valence-corrected chi connectivity index (χ1v) is 6.68. The summed E-state index contributed by atoms with van der Waals surface area (Å²) in [7, 11) is 1.66. The molecule has 4 heteroatoms. The van der Waals surface area contributed by atoms with Crippen LogP contribution in [-0.4, -0.2) is 25.6 Å². The highest BCUT2D eigenvalue weighted by Crippen LogP contribution is 2.18. The Morgan fingerprint density at radius 2 is 2.05 bits per heavy atom. The second-order valence-electron chi connectivity index (χ2n) is 5.03. The number of ether oxygens (including phenoxy) is 1. The Labute approximate surface area is 115 Å². The quantitative estimate of drug-likeness (QED) is 0.788. The molecule has 1 aromatic carbocycles.